The van der Waals surface area contributed by atoms with E-state index in [9.17, 15) is 13.2 Å². The van der Waals surface area contributed by atoms with Crippen molar-refractivity contribution < 1.29 is 18.3 Å². The van der Waals surface area contributed by atoms with Crippen LogP contribution in [-0.2, 0) is 14.6 Å². The van der Waals surface area contributed by atoms with Crippen molar-refractivity contribution in [1.82, 2.24) is 0 Å². The molecule has 0 aromatic carbocycles. The van der Waals surface area contributed by atoms with Gasteiger partial charge in [0.1, 0.15) is 0 Å². The Morgan fingerprint density at radius 1 is 1.38 bits per heavy atom. The number of rotatable bonds is 2. The van der Waals surface area contributed by atoms with Crippen LogP contribution in [0.3, 0.4) is 0 Å². The largest absolute Gasteiger partial charge is 0.481 e. The van der Waals surface area contributed by atoms with Crippen molar-refractivity contribution in [3.8, 4) is 0 Å². The summed E-state index contributed by atoms with van der Waals surface area (Å²) in [6, 6.07) is 0. The molecule has 0 saturated carbocycles. The van der Waals surface area contributed by atoms with Crippen molar-refractivity contribution in [2.75, 3.05) is 11.5 Å². The topological polar surface area (TPSA) is 71.4 Å². The number of aliphatic carboxylic acids is 1. The fourth-order valence-electron chi connectivity index (χ4n) is 1.24. The van der Waals surface area contributed by atoms with Crippen LogP contribution in [0.15, 0.2) is 11.6 Å². The van der Waals surface area contributed by atoms with Gasteiger partial charge in [0, 0.05) is 0 Å². The molecule has 0 amide bonds. The van der Waals surface area contributed by atoms with Crippen LogP contribution in [0.1, 0.15) is 19.3 Å². The summed E-state index contributed by atoms with van der Waals surface area (Å²) in [7, 11) is -2.84. The minimum atomic E-state index is -2.84. The number of allylic oxidation sites excluding steroid dienone is 1. The molecular formula is C8H12O4S. The summed E-state index contributed by atoms with van der Waals surface area (Å²) in [6.07, 6.45) is 2.61. The lowest BCUT2D eigenvalue weighted by Gasteiger charge is -2.13. The minimum Gasteiger partial charge on any atom is -0.481 e. The summed E-state index contributed by atoms with van der Waals surface area (Å²) in [6.45, 7) is 0. The van der Waals surface area contributed by atoms with E-state index in [1.165, 1.54) is 0 Å². The van der Waals surface area contributed by atoms with Crippen molar-refractivity contribution in [1.29, 1.82) is 0 Å². The van der Waals surface area contributed by atoms with Gasteiger partial charge in [-0.15, -0.1) is 0 Å². The van der Waals surface area contributed by atoms with E-state index in [-0.39, 0.29) is 17.9 Å². The van der Waals surface area contributed by atoms with Crippen molar-refractivity contribution in [2.24, 2.45) is 0 Å². The number of sulfone groups is 1. The highest BCUT2D eigenvalue weighted by Crippen LogP contribution is 2.17. The van der Waals surface area contributed by atoms with Gasteiger partial charge < -0.3 is 5.11 Å². The molecule has 1 fully saturated rings. The molecule has 1 aliphatic heterocycles. The van der Waals surface area contributed by atoms with Crippen LogP contribution in [0.25, 0.3) is 0 Å². The van der Waals surface area contributed by atoms with Crippen molar-refractivity contribution in [3.05, 3.63) is 11.6 Å². The van der Waals surface area contributed by atoms with E-state index in [2.05, 4.69) is 0 Å². The molecule has 4 nitrogen and oxygen atoms in total. The zero-order valence-corrected chi connectivity index (χ0v) is 8.01. The Morgan fingerprint density at radius 2 is 1.92 bits per heavy atom. The monoisotopic (exact) mass is 204 g/mol. The van der Waals surface area contributed by atoms with Gasteiger partial charge in [-0.3, -0.25) is 4.79 Å². The maximum absolute atomic E-state index is 11.0. The SMILES string of the molecule is O=C(O)CC=C1CCS(=O)(=O)CC1. The molecule has 13 heavy (non-hydrogen) atoms. The number of hydrogen-bond donors (Lipinski definition) is 1. The number of hydrogen-bond acceptors (Lipinski definition) is 3. The molecule has 0 atom stereocenters. The lowest BCUT2D eigenvalue weighted by atomic mass is 10.1. The highest BCUT2D eigenvalue weighted by molar-refractivity contribution is 7.91. The van der Waals surface area contributed by atoms with Crippen LogP contribution in [0.4, 0.5) is 0 Å². The molecule has 1 N–H and O–H groups in total. The Labute approximate surface area is 77.2 Å². The molecule has 0 unspecified atom stereocenters. The maximum atomic E-state index is 11.0. The van der Waals surface area contributed by atoms with Crippen LogP contribution >= 0.6 is 0 Å². The van der Waals surface area contributed by atoms with Gasteiger partial charge in [-0.1, -0.05) is 11.6 Å². The summed E-state index contributed by atoms with van der Waals surface area (Å²) in [5.41, 5.74) is 0.956. The first-order valence-electron chi connectivity index (χ1n) is 4.10. The van der Waals surface area contributed by atoms with E-state index >= 15 is 0 Å². The zero-order chi connectivity index (χ0) is 9.90. The summed E-state index contributed by atoms with van der Waals surface area (Å²) in [5, 5.41) is 8.38. The van der Waals surface area contributed by atoms with Gasteiger partial charge in [0.05, 0.1) is 17.9 Å². The first-order valence-corrected chi connectivity index (χ1v) is 5.92. The summed E-state index contributed by atoms with van der Waals surface area (Å²) in [5.74, 6) is -0.544. The zero-order valence-electron chi connectivity index (χ0n) is 7.19. The molecule has 1 saturated heterocycles. The van der Waals surface area contributed by atoms with E-state index in [0.717, 1.165) is 5.57 Å². The smallest absolute Gasteiger partial charge is 0.307 e. The molecule has 0 radical (unpaired) electrons. The van der Waals surface area contributed by atoms with Gasteiger partial charge >= 0.3 is 5.97 Å². The fraction of sp³-hybridized carbons (Fsp3) is 0.625. The van der Waals surface area contributed by atoms with Gasteiger partial charge in [0.15, 0.2) is 9.84 Å². The van der Waals surface area contributed by atoms with E-state index < -0.39 is 15.8 Å². The standard InChI is InChI=1S/C8H12O4S/c9-8(10)2-1-7-3-5-13(11,12)6-4-7/h1H,2-6H2,(H,9,10). The molecule has 5 heteroatoms. The minimum absolute atomic E-state index is 0.00458. The van der Waals surface area contributed by atoms with Crippen LogP contribution in [0, 0.1) is 0 Å². The third-order valence-corrected chi connectivity index (χ3v) is 3.69. The van der Waals surface area contributed by atoms with E-state index in [0.29, 0.717) is 12.8 Å². The molecule has 0 aromatic heterocycles. The molecule has 74 valence electrons. The average molecular weight is 204 g/mol. The molecule has 1 heterocycles. The maximum Gasteiger partial charge on any atom is 0.307 e. The molecule has 0 spiro atoms. The molecular weight excluding hydrogens is 192 g/mol. The van der Waals surface area contributed by atoms with Gasteiger partial charge in [0.2, 0.25) is 0 Å². The van der Waals surface area contributed by atoms with E-state index in [4.69, 9.17) is 5.11 Å². The Hall–Kier alpha value is -0.840. The first kappa shape index (κ1) is 10.2. The first-order chi connectivity index (χ1) is 5.99. The van der Waals surface area contributed by atoms with Gasteiger partial charge in [0.25, 0.3) is 0 Å². The number of carboxylic acids is 1. The van der Waals surface area contributed by atoms with Gasteiger partial charge in [-0.2, -0.15) is 0 Å². The second kappa shape index (κ2) is 3.91. The number of carboxylic acid groups (broad SMARTS) is 1. The fourth-order valence-corrected chi connectivity index (χ4v) is 2.59. The quantitative estimate of drug-likeness (QED) is 0.668. The average Bonchev–Trinajstić information content (AvgIpc) is 2.02. The highest BCUT2D eigenvalue weighted by Gasteiger charge is 2.18. The lowest BCUT2D eigenvalue weighted by Crippen LogP contribution is -2.18. The Morgan fingerprint density at radius 3 is 2.38 bits per heavy atom. The van der Waals surface area contributed by atoms with Crippen LogP contribution in [-0.4, -0.2) is 31.0 Å². The van der Waals surface area contributed by atoms with Crippen LogP contribution in [0.5, 0.6) is 0 Å². The van der Waals surface area contributed by atoms with E-state index in [1.807, 2.05) is 0 Å². The molecule has 0 aromatic rings. The third kappa shape index (κ3) is 3.59. The van der Waals surface area contributed by atoms with Crippen LogP contribution < -0.4 is 0 Å². The molecule has 1 aliphatic rings. The van der Waals surface area contributed by atoms with Gasteiger partial charge in [-0.25, -0.2) is 8.42 Å². The Bertz CT molecular complexity index is 310. The molecule has 0 aliphatic carbocycles. The third-order valence-electron chi connectivity index (χ3n) is 2.03. The van der Waals surface area contributed by atoms with Gasteiger partial charge in [-0.05, 0) is 12.8 Å². The summed E-state index contributed by atoms with van der Waals surface area (Å²) in [4.78, 5) is 10.2. The molecule has 0 bridgehead atoms. The number of carbonyl (C=O) groups is 1. The predicted octanol–water partition coefficient (Wildman–Crippen LogP) is 0.596. The predicted molar refractivity (Wildman–Crippen MR) is 48.2 cm³/mol. The normalized spacial score (nSPS) is 21.1. The van der Waals surface area contributed by atoms with E-state index in [1.54, 1.807) is 6.08 Å². The molecule has 1 rings (SSSR count). The summed E-state index contributed by atoms with van der Waals surface area (Å²) >= 11 is 0. The Balaban J connectivity index is 2.50. The van der Waals surface area contributed by atoms with Crippen LogP contribution in [0.2, 0.25) is 0 Å². The lowest BCUT2D eigenvalue weighted by molar-refractivity contribution is -0.136. The highest BCUT2D eigenvalue weighted by atomic mass is 32.2. The second-order valence-corrected chi connectivity index (χ2v) is 5.42. The van der Waals surface area contributed by atoms with Crippen molar-refractivity contribution in [3.63, 3.8) is 0 Å². The van der Waals surface area contributed by atoms with Crippen molar-refractivity contribution >= 4 is 15.8 Å². The second-order valence-electron chi connectivity index (χ2n) is 3.11. The summed E-state index contributed by atoms with van der Waals surface area (Å²) < 4.78 is 22.0. The van der Waals surface area contributed by atoms with Crippen molar-refractivity contribution in [2.45, 2.75) is 19.3 Å². The Kier molecular flexibility index (Phi) is 3.08.